The smallest absolute Gasteiger partial charge is 0.172 e. The zero-order valence-corrected chi connectivity index (χ0v) is 31.2. The molecule has 0 saturated carbocycles. The van der Waals surface area contributed by atoms with Gasteiger partial charge in [-0.1, -0.05) is 45.0 Å². The van der Waals surface area contributed by atoms with Gasteiger partial charge in [-0.25, -0.2) is 0 Å². The van der Waals surface area contributed by atoms with Gasteiger partial charge in [-0.05, 0) is 24.8 Å². The molecule has 1 aromatic carbocycles. The number of rotatable bonds is 25. The summed E-state index contributed by atoms with van der Waals surface area (Å²) in [6.07, 6.45) is 32.9. The Hall–Kier alpha value is -0.250. The number of aryl methyl sites for hydroxylation is 1. The maximum atomic E-state index is 12.5. The van der Waals surface area contributed by atoms with Gasteiger partial charge in [-0.15, -0.1) is 9.24 Å². The van der Waals surface area contributed by atoms with Gasteiger partial charge in [-0.3, -0.25) is 4.79 Å². The second-order valence-corrected chi connectivity index (χ2v) is 19.1. The van der Waals surface area contributed by atoms with E-state index in [0.717, 1.165) is 30.4 Å². The topological polar surface area (TPSA) is 17.1 Å². The summed E-state index contributed by atoms with van der Waals surface area (Å²) >= 11 is 0. The zero-order valence-electron chi connectivity index (χ0n) is 29.1. The first kappa shape index (κ1) is 40.8. The van der Waals surface area contributed by atoms with Gasteiger partial charge in [0.15, 0.2) is 5.78 Å². The molecule has 1 rings (SSSR count). The molecule has 1 unspecified atom stereocenters. The standard InChI is InChI=1S/C24H53P.C14H21OP/c1-5-9-13-17-21-25(22-18-14-10-6-2,23-19-15-11-7-3)24-20-16-12-8-4;1-4-11-9-7-8-10-12(11)13(15)14(16,5-2)6-3/h25H,5-24H2,1-4H3;7-10H,4-6,16H2,1-3H3. The van der Waals surface area contributed by atoms with Crippen LogP contribution in [-0.2, 0) is 6.42 Å². The molecule has 0 radical (unpaired) electrons. The summed E-state index contributed by atoms with van der Waals surface area (Å²) < 4.78 is 0. The van der Waals surface area contributed by atoms with Crippen molar-refractivity contribution in [2.75, 3.05) is 24.6 Å². The van der Waals surface area contributed by atoms with Gasteiger partial charge in [-0.2, -0.15) is 0 Å². The Labute approximate surface area is 262 Å². The van der Waals surface area contributed by atoms with Crippen LogP contribution in [0.2, 0.25) is 0 Å². The van der Waals surface area contributed by atoms with E-state index in [1.807, 2.05) is 24.3 Å². The van der Waals surface area contributed by atoms with Crippen LogP contribution in [-0.4, -0.2) is 35.6 Å². The number of unbranched alkanes of at least 4 members (excludes halogenated alkanes) is 12. The molecule has 0 aromatic heterocycles. The molecule has 3 heteroatoms. The van der Waals surface area contributed by atoms with Crippen LogP contribution in [0.3, 0.4) is 0 Å². The Bertz CT molecular complexity index is 686. The van der Waals surface area contributed by atoms with Crippen molar-refractivity contribution in [2.45, 2.75) is 176 Å². The summed E-state index contributed by atoms with van der Waals surface area (Å²) in [5, 5.41) is -0.286. The van der Waals surface area contributed by atoms with E-state index in [1.165, 1.54) is 77.0 Å². The van der Waals surface area contributed by atoms with E-state index in [-0.39, 0.29) is 10.9 Å². The predicted molar refractivity (Wildman–Crippen MR) is 198 cm³/mol. The number of hydrogen-bond donors (Lipinski definition) is 0. The van der Waals surface area contributed by atoms with Crippen molar-refractivity contribution in [3.8, 4) is 0 Å². The minimum atomic E-state index is -0.995. The molecule has 1 atom stereocenters. The molecule has 41 heavy (non-hydrogen) atoms. The first-order chi connectivity index (χ1) is 19.8. The normalized spacial score (nSPS) is 12.2. The van der Waals surface area contributed by atoms with Crippen LogP contribution in [0, 0.1) is 0 Å². The van der Waals surface area contributed by atoms with E-state index in [2.05, 4.69) is 57.7 Å². The van der Waals surface area contributed by atoms with E-state index in [9.17, 15) is 4.79 Å². The van der Waals surface area contributed by atoms with E-state index in [1.54, 1.807) is 50.3 Å². The predicted octanol–water partition coefficient (Wildman–Crippen LogP) is 12.9. The monoisotopic (exact) mass is 609 g/mol. The maximum Gasteiger partial charge on any atom is 0.172 e. The molecule has 0 saturated heterocycles. The fourth-order valence-corrected chi connectivity index (χ4v) is 12.0. The molecule has 1 nitrogen and oxygen atoms in total. The fourth-order valence-electron chi connectivity index (χ4n) is 6.35. The van der Waals surface area contributed by atoms with Crippen LogP contribution in [0.25, 0.3) is 0 Å². The second-order valence-electron chi connectivity index (χ2n) is 12.9. The molecule has 0 amide bonds. The molecule has 242 valence electrons. The first-order valence-corrected chi connectivity index (χ1v) is 21.7. The molecule has 0 N–H and O–H groups in total. The third-order valence-electron chi connectivity index (χ3n) is 9.60. The van der Waals surface area contributed by atoms with Gasteiger partial charge in [0.1, 0.15) is 0 Å². The summed E-state index contributed by atoms with van der Waals surface area (Å²) in [5.74, 6) is 0.264. The summed E-state index contributed by atoms with van der Waals surface area (Å²) in [7, 11) is 1.75. The van der Waals surface area contributed by atoms with Crippen LogP contribution >= 0.6 is 16.5 Å². The molecule has 0 fully saturated rings. The molecule has 0 aliphatic heterocycles. The number of Topliss-reactive ketones (excluding diaryl/α,β-unsaturated/α-hetero) is 1. The van der Waals surface area contributed by atoms with Crippen molar-refractivity contribution in [1.82, 2.24) is 0 Å². The second kappa shape index (κ2) is 26.2. The largest absolute Gasteiger partial charge is 0.293 e. The minimum Gasteiger partial charge on any atom is -0.293 e. The van der Waals surface area contributed by atoms with Crippen LogP contribution in [0.5, 0.6) is 0 Å². The number of carbonyl (C=O) groups excluding carboxylic acids is 1. The van der Waals surface area contributed by atoms with Crippen molar-refractivity contribution in [3.05, 3.63) is 35.4 Å². The Morgan fingerprint density at radius 1 is 0.585 bits per heavy atom. The van der Waals surface area contributed by atoms with Gasteiger partial charge in [0.25, 0.3) is 0 Å². The van der Waals surface area contributed by atoms with Gasteiger partial charge >= 0.3 is 162 Å². The SMILES string of the molecule is CCCCCC[PH](CCCCCC)(CCCCCC)CCCCCC.CCc1ccccc1C(=O)C(P)(CC)CC. The summed E-state index contributed by atoms with van der Waals surface area (Å²) in [4.78, 5) is 12.5. The summed E-state index contributed by atoms with van der Waals surface area (Å²) in [5.41, 5.74) is 2.05. The fraction of sp³-hybridized carbons (Fsp3) is 0.816. The Balaban J connectivity index is 0.000000856. The van der Waals surface area contributed by atoms with Crippen molar-refractivity contribution >= 4 is 22.3 Å². The average Bonchev–Trinajstić information content (AvgIpc) is 3.01. The molecule has 0 bridgehead atoms. The molecule has 0 aliphatic carbocycles. The summed E-state index contributed by atoms with van der Waals surface area (Å²) in [6, 6.07) is 7.94. The Morgan fingerprint density at radius 2 is 0.951 bits per heavy atom. The summed E-state index contributed by atoms with van der Waals surface area (Å²) in [6.45, 7) is 15.6. The molecular weight excluding hydrogens is 534 g/mol. The maximum absolute atomic E-state index is 12.5. The van der Waals surface area contributed by atoms with Crippen LogP contribution in [0.1, 0.15) is 180 Å². The van der Waals surface area contributed by atoms with Crippen molar-refractivity contribution in [2.24, 2.45) is 0 Å². The van der Waals surface area contributed by atoms with E-state index in [0.29, 0.717) is 0 Å². The van der Waals surface area contributed by atoms with Gasteiger partial charge < -0.3 is 0 Å². The van der Waals surface area contributed by atoms with Crippen molar-refractivity contribution in [3.63, 3.8) is 0 Å². The molecule has 0 aliphatic rings. The van der Waals surface area contributed by atoms with E-state index >= 15 is 0 Å². The minimum absolute atomic E-state index is 0.264. The average molecular weight is 609 g/mol. The van der Waals surface area contributed by atoms with E-state index < -0.39 is 7.26 Å². The number of benzene rings is 1. The Kier molecular flexibility index (Phi) is 26.0. The molecular formula is C38H74OP2. The van der Waals surface area contributed by atoms with Crippen LogP contribution in [0.15, 0.2) is 24.3 Å². The van der Waals surface area contributed by atoms with Gasteiger partial charge in [0.05, 0.1) is 0 Å². The number of ketones is 1. The zero-order chi connectivity index (χ0) is 30.8. The van der Waals surface area contributed by atoms with Crippen molar-refractivity contribution < 1.29 is 4.79 Å². The van der Waals surface area contributed by atoms with Crippen LogP contribution in [0.4, 0.5) is 0 Å². The van der Waals surface area contributed by atoms with Gasteiger partial charge in [0.2, 0.25) is 0 Å². The van der Waals surface area contributed by atoms with E-state index in [4.69, 9.17) is 0 Å². The first-order valence-electron chi connectivity index (χ1n) is 18.2. The Morgan fingerprint density at radius 3 is 1.27 bits per heavy atom. The quantitative estimate of drug-likeness (QED) is 0.0613. The van der Waals surface area contributed by atoms with Crippen molar-refractivity contribution in [1.29, 1.82) is 0 Å². The molecule has 1 aromatic rings. The third kappa shape index (κ3) is 17.6. The molecule has 0 spiro atoms. The molecule has 0 heterocycles. The third-order valence-corrected chi connectivity index (χ3v) is 16.3. The number of hydrogen-bond acceptors (Lipinski definition) is 1. The number of carbonyl (C=O) groups is 1. The van der Waals surface area contributed by atoms with Crippen LogP contribution < -0.4 is 0 Å². The van der Waals surface area contributed by atoms with Gasteiger partial charge in [0, 0.05) is 10.7 Å².